The summed E-state index contributed by atoms with van der Waals surface area (Å²) in [4.78, 5) is 17.8. The number of ketones is 1. The average molecular weight is 454 g/mol. The molecule has 8 atom stereocenters. The molecule has 5 nitrogen and oxygen atoms in total. The topological polar surface area (TPSA) is 68.0 Å². The van der Waals surface area contributed by atoms with E-state index in [1.807, 2.05) is 16.9 Å². The van der Waals surface area contributed by atoms with Crippen molar-refractivity contribution < 1.29 is 14.3 Å². The van der Waals surface area contributed by atoms with Gasteiger partial charge >= 0.3 is 0 Å². The number of nitrogens with zero attached hydrogens (tertiary/aromatic N) is 3. The highest BCUT2D eigenvalue weighted by atomic mass is 19.1. The van der Waals surface area contributed by atoms with Crippen molar-refractivity contribution in [1.29, 1.82) is 0 Å². The Kier molecular flexibility index (Phi) is 5.17. The molecule has 4 fully saturated rings. The molecular weight excluding hydrogens is 417 g/mol. The zero-order valence-corrected chi connectivity index (χ0v) is 19.6. The van der Waals surface area contributed by atoms with Crippen LogP contribution in [0.25, 0.3) is 10.9 Å². The van der Waals surface area contributed by atoms with Gasteiger partial charge in [0.25, 0.3) is 0 Å². The fraction of sp³-hybridized carbons (Fsp3) is 0.741. The summed E-state index contributed by atoms with van der Waals surface area (Å²) < 4.78 is 15.3. The maximum Gasteiger partial charge on any atom is 0.157 e. The van der Waals surface area contributed by atoms with Crippen LogP contribution < -0.4 is 0 Å². The van der Waals surface area contributed by atoms with Crippen molar-refractivity contribution in [2.24, 2.45) is 40.9 Å². The lowest BCUT2D eigenvalue weighted by molar-refractivity contribution is -0.134. The second kappa shape index (κ2) is 7.86. The number of fused-ring (bicyclic) bond motifs is 6. The van der Waals surface area contributed by atoms with Gasteiger partial charge in [0, 0.05) is 17.5 Å². The number of hydrogen-bond acceptors (Lipinski definition) is 4. The Morgan fingerprint density at radius 3 is 2.82 bits per heavy atom. The molecule has 2 aromatic heterocycles. The van der Waals surface area contributed by atoms with E-state index in [-0.39, 0.29) is 11.3 Å². The van der Waals surface area contributed by atoms with E-state index in [9.17, 15) is 14.3 Å². The third-order valence-corrected chi connectivity index (χ3v) is 10.5. The summed E-state index contributed by atoms with van der Waals surface area (Å²) in [6.07, 6.45) is 14.4. The minimum atomic E-state index is -1.08. The van der Waals surface area contributed by atoms with Crippen LogP contribution in [0, 0.1) is 40.9 Å². The molecule has 0 bridgehead atoms. The van der Waals surface area contributed by atoms with Crippen LogP contribution in [0.3, 0.4) is 0 Å². The van der Waals surface area contributed by atoms with Crippen LogP contribution >= 0.6 is 0 Å². The van der Waals surface area contributed by atoms with Gasteiger partial charge in [0.15, 0.2) is 5.78 Å². The first-order valence-electron chi connectivity index (χ1n) is 13.0. The zero-order chi connectivity index (χ0) is 22.8. The molecule has 6 rings (SSSR count). The number of aliphatic hydroxyl groups is 1. The van der Waals surface area contributed by atoms with Crippen molar-refractivity contribution in [2.45, 2.75) is 76.9 Å². The lowest BCUT2D eigenvalue weighted by atomic mass is 9.49. The predicted molar refractivity (Wildman–Crippen MR) is 124 cm³/mol. The normalized spacial score (nSPS) is 42.5. The molecule has 4 saturated carbocycles. The third-order valence-electron chi connectivity index (χ3n) is 10.5. The minimum absolute atomic E-state index is 0.0840. The van der Waals surface area contributed by atoms with E-state index in [4.69, 9.17) is 0 Å². The van der Waals surface area contributed by atoms with Crippen molar-refractivity contribution in [3.05, 3.63) is 24.7 Å². The molecule has 33 heavy (non-hydrogen) atoms. The van der Waals surface area contributed by atoms with Gasteiger partial charge in [0.1, 0.15) is 13.2 Å². The first-order valence-corrected chi connectivity index (χ1v) is 13.0. The number of hydrogen-bond donors (Lipinski definition) is 1. The van der Waals surface area contributed by atoms with Gasteiger partial charge in [-0.05, 0) is 98.9 Å². The second-order valence-electron chi connectivity index (χ2n) is 11.9. The smallest absolute Gasteiger partial charge is 0.157 e. The molecular formula is C27H36FN3O2. The van der Waals surface area contributed by atoms with Crippen LogP contribution in [0.2, 0.25) is 0 Å². The molecule has 0 saturated heterocycles. The van der Waals surface area contributed by atoms with Crippen LogP contribution in [-0.4, -0.2) is 37.9 Å². The van der Waals surface area contributed by atoms with Crippen LogP contribution in [0.15, 0.2) is 24.7 Å². The number of alkyl halides is 1. The number of carbonyl (C=O) groups is 1. The molecule has 0 aromatic carbocycles. The standard InChI is InChI=1S/C27H36FN3O2/c1-26-9-6-20-19-7-10-27(33,16-28)12-17(19)2-3-21(20)22(26)4-5-23(26)25(32)15-31-24-14-29-11-8-18(24)13-30-31/h8,11,13-14,17,19-23,33H,2-7,9-10,12,15-16H2,1H3/t17?,19?,20-,21-,22+,23-,26+,27-/m1/s1. The second-order valence-corrected chi connectivity index (χ2v) is 11.9. The van der Waals surface area contributed by atoms with Gasteiger partial charge in [-0.2, -0.15) is 5.10 Å². The Hall–Kier alpha value is -1.82. The van der Waals surface area contributed by atoms with E-state index >= 15 is 0 Å². The highest BCUT2D eigenvalue weighted by molar-refractivity contribution is 5.84. The Morgan fingerprint density at radius 2 is 1.97 bits per heavy atom. The lowest BCUT2D eigenvalue weighted by Gasteiger charge is -2.56. The zero-order valence-electron chi connectivity index (χ0n) is 19.6. The Morgan fingerprint density at radius 1 is 1.12 bits per heavy atom. The fourth-order valence-corrected chi connectivity index (χ4v) is 8.91. The van der Waals surface area contributed by atoms with E-state index in [0.29, 0.717) is 54.8 Å². The summed E-state index contributed by atoms with van der Waals surface area (Å²) in [6.45, 7) is 2.13. The minimum Gasteiger partial charge on any atom is -0.387 e. The Balaban J connectivity index is 1.19. The molecule has 0 spiro atoms. The summed E-state index contributed by atoms with van der Waals surface area (Å²) in [5, 5.41) is 16.0. The first kappa shape index (κ1) is 21.7. The van der Waals surface area contributed by atoms with E-state index in [1.165, 1.54) is 12.8 Å². The fourth-order valence-electron chi connectivity index (χ4n) is 8.91. The lowest BCUT2D eigenvalue weighted by Crippen LogP contribution is -2.52. The number of aromatic nitrogens is 3. The van der Waals surface area contributed by atoms with Crippen LogP contribution in [-0.2, 0) is 11.3 Å². The number of halogens is 1. The van der Waals surface area contributed by atoms with Gasteiger partial charge in [-0.15, -0.1) is 0 Å². The van der Waals surface area contributed by atoms with Gasteiger partial charge in [0.2, 0.25) is 0 Å². The van der Waals surface area contributed by atoms with Crippen LogP contribution in [0.4, 0.5) is 4.39 Å². The van der Waals surface area contributed by atoms with E-state index < -0.39 is 12.3 Å². The quantitative estimate of drug-likeness (QED) is 0.710. The predicted octanol–water partition coefficient (Wildman–Crippen LogP) is 4.97. The SMILES string of the molecule is C[C@]12CC[C@@H]3C4CC[C@](O)(CF)CC4CC[C@H]3[C@@H]1CC[C@@H]2C(=O)Cn1ncc2ccncc21. The summed E-state index contributed by atoms with van der Waals surface area (Å²) in [6, 6.07) is 1.94. The Labute approximate surface area is 195 Å². The van der Waals surface area contributed by atoms with Gasteiger partial charge < -0.3 is 5.11 Å². The molecule has 178 valence electrons. The van der Waals surface area contributed by atoms with Crippen molar-refractivity contribution >= 4 is 16.7 Å². The summed E-state index contributed by atoms with van der Waals surface area (Å²) >= 11 is 0. The highest BCUT2D eigenvalue weighted by Gasteiger charge is 2.59. The molecule has 2 aromatic rings. The van der Waals surface area contributed by atoms with Gasteiger partial charge in [-0.25, -0.2) is 4.39 Å². The molecule has 6 heteroatoms. The summed E-state index contributed by atoms with van der Waals surface area (Å²) in [5.41, 5.74) is -0.0624. The Bertz CT molecular complexity index is 1050. The van der Waals surface area contributed by atoms with Crippen LogP contribution in [0.1, 0.15) is 64.7 Å². The molecule has 2 unspecified atom stereocenters. The van der Waals surface area contributed by atoms with Gasteiger partial charge in [0.05, 0.1) is 23.5 Å². The molecule has 0 radical (unpaired) electrons. The van der Waals surface area contributed by atoms with Crippen molar-refractivity contribution in [3.63, 3.8) is 0 Å². The number of rotatable bonds is 4. The average Bonchev–Trinajstić information content (AvgIpc) is 3.39. The number of carbonyl (C=O) groups excluding carboxylic acids is 1. The van der Waals surface area contributed by atoms with Crippen molar-refractivity contribution in [3.8, 4) is 0 Å². The maximum absolute atomic E-state index is 13.6. The molecule has 4 aliphatic carbocycles. The summed E-state index contributed by atoms with van der Waals surface area (Å²) in [5.74, 6) is 3.55. The monoisotopic (exact) mass is 453 g/mol. The molecule has 2 heterocycles. The highest BCUT2D eigenvalue weighted by Crippen LogP contribution is 2.64. The molecule has 4 aliphatic rings. The third kappa shape index (κ3) is 3.38. The summed E-state index contributed by atoms with van der Waals surface area (Å²) in [7, 11) is 0. The first-order chi connectivity index (χ1) is 15.9. The van der Waals surface area contributed by atoms with Crippen LogP contribution in [0.5, 0.6) is 0 Å². The van der Waals surface area contributed by atoms with E-state index in [0.717, 1.165) is 43.0 Å². The maximum atomic E-state index is 13.6. The van der Waals surface area contributed by atoms with Crippen molar-refractivity contribution in [1.82, 2.24) is 14.8 Å². The van der Waals surface area contributed by atoms with Crippen molar-refractivity contribution in [2.75, 3.05) is 6.67 Å². The van der Waals surface area contributed by atoms with E-state index in [1.54, 1.807) is 12.4 Å². The molecule has 1 N–H and O–H groups in total. The van der Waals surface area contributed by atoms with Gasteiger partial charge in [-0.1, -0.05) is 6.92 Å². The molecule has 0 amide bonds. The molecule has 0 aliphatic heterocycles. The number of pyridine rings is 1. The largest absolute Gasteiger partial charge is 0.387 e. The number of Topliss-reactive ketones (excluding diaryl/α,β-unsaturated/α-hetero) is 1. The van der Waals surface area contributed by atoms with E-state index in [2.05, 4.69) is 17.0 Å². The van der Waals surface area contributed by atoms with Gasteiger partial charge in [-0.3, -0.25) is 14.5 Å².